The van der Waals surface area contributed by atoms with E-state index in [1.54, 1.807) is 19.2 Å². The van der Waals surface area contributed by atoms with Crippen molar-refractivity contribution in [3.05, 3.63) is 29.3 Å². The zero-order chi connectivity index (χ0) is 15.7. The summed E-state index contributed by atoms with van der Waals surface area (Å²) in [5, 5.41) is 15.1. The predicted molar refractivity (Wildman–Crippen MR) is 81.9 cm³/mol. The highest BCUT2D eigenvalue weighted by atomic mass is 16.5. The van der Waals surface area contributed by atoms with E-state index in [4.69, 9.17) is 10.00 Å². The Morgan fingerprint density at radius 3 is 2.81 bits per heavy atom. The van der Waals surface area contributed by atoms with E-state index in [9.17, 15) is 4.79 Å². The van der Waals surface area contributed by atoms with E-state index in [-0.39, 0.29) is 5.91 Å². The molecule has 21 heavy (non-hydrogen) atoms. The highest BCUT2D eigenvalue weighted by Gasteiger charge is 2.04. The molecule has 2 N–H and O–H groups in total. The van der Waals surface area contributed by atoms with Crippen LogP contribution in [0.3, 0.4) is 0 Å². The minimum Gasteiger partial charge on any atom is -0.495 e. The van der Waals surface area contributed by atoms with Gasteiger partial charge in [-0.2, -0.15) is 5.26 Å². The molecule has 0 saturated carbocycles. The second-order valence-electron chi connectivity index (χ2n) is 5.27. The zero-order valence-electron chi connectivity index (χ0n) is 12.9. The molecular weight excluding hydrogens is 266 g/mol. The van der Waals surface area contributed by atoms with Crippen LogP contribution in [-0.4, -0.2) is 26.1 Å². The summed E-state index contributed by atoms with van der Waals surface area (Å²) in [7, 11) is 1.55. The molecule has 5 nitrogen and oxygen atoms in total. The molecule has 1 rings (SSSR count). The Morgan fingerprint density at radius 1 is 1.43 bits per heavy atom. The van der Waals surface area contributed by atoms with Crippen LogP contribution in [0.5, 0.6) is 5.75 Å². The summed E-state index contributed by atoms with van der Waals surface area (Å²) in [6.45, 7) is 6.07. The fraction of sp³-hybridized carbons (Fsp3) is 0.500. The molecule has 0 bridgehead atoms. The van der Waals surface area contributed by atoms with Crippen LogP contribution in [0.25, 0.3) is 0 Å². The van der Waals surface area contributed by atoms with Crippen LogP contribution in [0.2, 0.25) is 0 Å². The van der Waals surface area contributed by atoms with Gasteiger partial charge in [-0.25, -0.2) is 0 Å². The number of amides is 1. The lowest BCUT2D eigenvalue weighted by molar-refractivity contribution is -0.121. The second kappa shape index (κ2) is 8.98. The number of nitriles is 1. The third-order valence-corrected chi connectivity index (χ3v) is 2.95. The molecule has 0 spiro atoms. The number of hydrogen-bond donors (Lipinski definition) is 2. The van der Waals surface area contributed by atoms with Gasteiger partial charge in [0.05, 0.1) is 12.7 Å². The molecule has 1 amide bonds. The first-order valence-corrected chi connectivity index (χ1v) is 7.11. The van der Waals surface area contributed by atoms with Gasteiger partial charge in [-0.1, -0.05) is 19.9 Å². The van der Waals surface area contributed by atoms with Crippen LogP contribution in [0.4, 0.5) is 0 Å². The minimum atomic E-state index is 0.0589. The number of hydrogen-bond acceptors (Lipinski definition) is 4. The van der Waals surface area contributed by atoms with Gasteiger partial charge >= 0.3 is 0 Å². The average molecular weight is 289 g/mol. The molecule has 0 aliphatic rings. The number of carbonyl (C=O) groups excluding carboxylic acids is 1. The molecule has 114 valence electrons. The fourth-order valence-electron chi connectivity index (χ4n) is 1.79. The molecule has 5 heteroatoms. The molecule has 1 aromatic carbocycles. The van der Waals surface area contributed by atoms with Crippen LogP contribution in [-0.2, 0) is 11.3 Å². The van der Waals surface area contributed by atoms with Crippen molar-refractivity contribution in [1.82, 2.24) is 10.6 Å². The molecule has 0 aliphatic carbocycles. The molecule has 0 radical (unpaired) electrons. The Bertz CT molecular complexity index is 507. The minimum absolute atomic E-state index is 0.0589. The maximum Gasteiger partial charge on any atom is 0.221 e. The Labute approximate surface area is 126 Å². The monoisotopic (exact) mass is 289 g/mol. The average Bonchev–Trinajstić information content (AvgIpc) is 2.49. The first-order chi connectivity index (χ1) is 10.1. The number of carbonyl (C=O) groups is 1. The molecule has 0 unspecified atom stereocenters. The third-order valence-electron chi connectivity index (χ3n) is 2.95. The van der Waals surface area contributed by atoms with E-state index in [0.717, 1.165) is 5.56 Å². The summed E-state index contributed by atoms with van der Waals surface area (Å²) < 4.78 is 5.10. The number of nitrogens with zero attached hydrogens (tertiary/aromatic N) is 1. The van der Waals surface area contributed by atoms with Gasteiger partial charge in [-0.3, -0.25) is 4.79 Å². The van der Waals surface area contributed by atoms with Crippen LogP contribution in [0.15, 0.2) is 18.2 Å². The van der Waals surface area contributed by atoms with Gasteiger partial charge in [0, 0.05) is 26.1 Å². The SMILES string of the molecule is COc1ccc(CNCCC(=O)NCC(C)C)cc1C#N. The summed E-state index contributed by atoms with van der Waals surface area (Å²) >= 11 is 0. The van der Waals surface area contributed by atoms with Crippen LogP contribution >= 0.6 is 0 Å². The van der Waals surface area contributed by atoms with Gasteiger partial charge in [-0.05, 0) is 23.6 Å². The molecule has 1 aromatic rings. The number of rotatable bonds is 8. The molecule has 0 aromatic heterocycles. The Kier molecular flexibility index (Phi) is 7.27. The summed E-state index contributed by atoms with van der Waals surface area (Å²) in [4.78, 5) is 11.5. The van der Waals surface area contributed by atoms with E-state index in [0.29, 0.717) is 43.3 Å². The van der Waals surface area contributed by atoms with E-state index in [1.165, 1.54) is 0 Å². The molecule has 0 saturated heterocycles. The van der Waals surface area contributed by atoms with Crippen molar-refractivity contribution < 1.29 is 9.53 Å². The van der Waals surface area contributed by atoms with Crippen molar-refractivity contribution >= 4 is 5.91 Å². The topological polar surface area (TPSA) is 74.2 Å². The fourth-order valence-corrected chi connectivity index (χ4v) is 1.79. The standard InChI is InChI=1S/C16H23N3O2/c1-12(2)10-19-16(20)6-7-18-11-13-4-5-15(21-3)14(8-13)9-17/h4-5,8,12,18H,6-7,10-11H2,1-3H3,(H,19,20). The predicted octanol–water partition coefficient (Wildman–Crippen LogP) is 1.82. The van der Waals surface area contributed by atoms with Crippen LogP contribution in [0.1, 0.15) is 31.4 Å². The number of methoxy groups -OCH3 is 1. The molecular formula is C16H23N3O2. The van der Waals surface area contributed by atoms with Gasteiger partial charge < -0.3 is 15.4 Å². The first-order valence-electron chi connectivity index (χ1n) is 7.11. The molecule has 0 aliphatic heterocycles. The largest absolute Gasteiger partial charge is 0.495 e. The van der Waals surface area contributed by atoms with Crippen molar-refractivity contribution in [2.24, 2.45) is 5.92 Å². The Balaban J connectivity index is 2.33. The van der Waals surface area contributed by atoms with Crippen molar-refractivity contribution in [2.75, 3.05) is 20.2 Å². The number of benzene rings is 1. The van der Waals surface area contributed by atoms with Gasteiger partial charge in [0.1, 0.15) is 11.8 Å². The maximum absolute atomic E-state index is 11.5. The molecule has 0 heterocycles. The Morgan fingerprint density at radius 2 is 2.19 bits per heavy atom. The van der Waals surface area contributed by atoms with Gasteiger partial charge in [0.15, 0.2) is 0 Å². The van der Waals surface area contributed by atoms with E-state index >= 15 is 0 Å². The van der Waals surface area contributed by atoms with E-state index in [1.807, 2.05) is 6.07 Å². The zero-order valence-corrected chi connectivity index (χ0v) is 12.9. The molecule has 0 fully saturated rings. The van der Waals surface area contributed by atoms with E-state index < -0.39 is 0 Å². The van der Waals surface area contributed by atoms with Crippen molar-refractivity contribution in [3.63, 3.8) is 0 Å². The quantitative estimate of drug-likeness (QED) is 0.716. The van der Waals surface area contributed by atoms with Crippen molar-refractivity contribution in [2.45, 2.75) is 26.8 Å². The lowest BCUT2D eigenvalue weighted by Crippen LogP contribution is -2.30. The third kappa shape index (κ3) is 6.28. The van der Waals surface area contributed by atoms with Crippen molar-refractivity contribution in [3.8, 4) is 11.8 Å². The number of ether oxygens (including phenoxy) is 1. The summed E-state index contributed by atoms with van der Waals surface area (Å²) in [6, 6.07) is 7.59. The summed E-state index contributed by atoms with van der Waals surface area (Å²) in [5.41, 5.74) is 1.52. The lowest BCUT2D eigenvalue weighted by Gasteiger charge is -2.09. The van der Waals surface area contributed by atoms with Gasteiger partial charge in [0.25, 0.3) is 0 Å². The highest BCUT2D eigenvalue weighted by molar-refractivity contribution is 5.76. The highest BCUT2D eigenvalue weighted by Crippen LogP contribution is 2.18. The lowest BCUT2D eigenvalue weighted by atomic mass is 10.1. The Hall–Kier alpha value is -2.06. The summed E-state index contributed by atoms with van der Waals surface area (Å²) in [5.74, 6) is 1.10. The van der Waals surface area contributed by atoms with Gasteiger partial charge in [0.2, 0.25) is 5.91 Å². The van der Waals surface area contributed by atoms with Crippen molar-refractivity contribution in [1.29, 1.82) is 5.26 Å². The first kappa shape index (κ1) is 17.0. The van der Waals surface area contributed by atoms with Crippen LogP contribution < -0.4 is 15.4 Å². The van der Waals surface area contributed by atoms with Crippen LogP contribution in [0, 0.1) is 17.2 Å². The second-order valence-corrected chi connectivity index (χ2v) is 5.27. The van der Waals surface area contributed by atoms with Gasteiger partial charge in [-0.15, -0.1) is 0 Å². The van der Waals surface area contributed by atoms with E-state index in [2.05, 4.69) is 30.6 Å². The molecule has 0 atom stereocenters. The maximum atomic E-state index is 11.5. The smallest absolute Gasteiger partial charge is 0.221 e. The normalized spacial score (nSPS) is 10.2. The number of nitrogens with one attached hydrogen (secondary N) is 2. The summed E-state index contributed by atoms with van der Waals surface area (Å²) in [6.07, 6.45) is 0.452.